The molecule has 2 amide bonds. The fourth-order valence-electron chi connectivity index (χ4n) is 2.93. The number of hydrogen-bond acceptors (Lipinski definition) is 3. The van der Waals surface area contributed by atoms with Crippen LogP contribution in [0.1, 0.15) is 43.4 Å². The number of carbonyl (C=O) groups excluding carboxylic acids is 2. The number of nitrogens with zero attached hydrogens (tertiary/aromatic N) is 1. The largest absolute Gasteiger partial charge is 0.354 e. The topological polar surface area (TPSA) is 49.4 Å². The summed E-state index contributed by atoms with van der Waals surface area (Å²) in [7, 11) is 0. The van der Waals surface area contributed by atoms with E-state index >= 15 is 0 Å². The molecule has 4 nitrogen and oxygen atoms in total. The van der Waals surface area contributed by atoms with Crippen LogP contribution in [0.3, 0.4) is 0 Å². The van der Waals surface area contributed by atoms with Gasteiger partial charge in [0.15, 0.2) is 0 Å². The molecule has 0 unspecified atom stereocenters. The number of hydrogen-bond donors (Lipinski definition) is 1. The van der Waals surface area contributed by atoms with Gasteiger partial charge < -0.3 is 10.2 Å². The van der Waals surface area contributed by atoms with Gasteiger partial charge in [-0.2, -0.15) is 0 Å². The standard InChI is InChI=1S/C24H31BrN2O2S/c1-4-5-14-26-24(29)19(3)27(15-20-8-6-18(2)7-9-20)23(28)17-30-16-21-10-12-22(25)13-11-21/h6-13,19H,4-5,14-17H2,1-3H3,(H,26,29)/t19-/m1/s1. The van der Waals surface area contributed by atoms with E-state index in [-0.39, 0.29) is 11.8 Å². The van der Waals surface area contributed by atoms with Gasteiger partial charge >= 0.3 is 0 Å². The summed E-state index contributed by atoms with van der Waals surface area (Å²) in [6.07, 6.45) is 1.96. The fraction of sp³-hybridized carbons (Fsp3) is 0.417. The average Bonchev–Trinajstić information content (AvgIpc) is 2.74. The predicted octanol–water partition coefficient (Wildman–Crippen LogP) is 5.32. The minimum absolute atomic E-state index is 0.0178. The Morgan fingerprint density at radius 3 is 2.33 bits per heavy atom. The molecule has 6 heteroatoms. The molecule has 0 saturated heterocycles. The van der Waals surface area contributed by atoms with Crippen LogP contribution in [0.25, 0.3) is 0 Å². The smallest absolute Gasteiger partial charge is 0.242 e. The lowest BCUT2D eigenvalue weighted by Gasteiger charge is -2.29. The highest BCUT2D eigenvalue weighted by molar-refractivity contribution is 9.10. The molecule has 0 aliphatic heterocycles. The molecular formula is C24H31BrN2O2S. The van der Waals surface area contributed by atoms with Gasteiger partial charge in [-0.05, 0) is 43.5 Å². The van der Waals surface area contributed by atoms with Crippen molar-refractivity contribution in [1.29, 1.82) is 0 Å². The molecule has 0 heterocycles. The Balaban J connectivity index is 2.02. The lowest BCUT2D eigenvalue weighted by molar-refractivity contribution is -0.138. The summed E-state index contributed by atoms with van der Waals surface area (Å²) < 4.78 is 1.04. The number of halogens is 1. The SMILES string of the molecule is CCCCNC(=O)[C@@H](C)N(Cc1ccc(C)cc1)C(=O)CSCc1ccc(Br)cc1. The molecular weight excluding hydrogens is 460 g/mol. The highest BCUT2D eigenvalue weighted by atomic mass is 79.9. The summed E-state index contributed by atoms with van der Waals surface area (Å²) in [5.74, 6) is 0.987. The molecule has 0 saturated carbocycles. The van der Waals surface area contributed by atoms with Gasteiger partial charge in [0, 0.05) is 23.3 Å². The fourth-order valence-corrected chi connectivity index (χ4v) is 4.06. The second kappa shape index (κ2) is 12.8. The lowest BCUT2D eigenvalue weighted by Crippen LogP contribution is -2.48. The molecule has 0 bridgehead atoms. The maximum absolute atomic E-state index is 13.1. The molecule has 0 fully saturated rings. The van der Waals surface area contributed by atoms with Gasteiger partial charge in [-0.1, -0.05) is 71.2 Å². The molecule has 30 heavy (non-hydrogen) atoms. The quantitative estimate of drug-likeness (QED) is 0.433. The Hall–Kier alpha value is -1.79. The molecule has 0 aliphatic rings. The Labute approximate surface area is 192 Å². The van der Waals surface area contributed by atoms with Gasteiger partial charge in [-0.3, -0.25) is 9.59 Å². The van der Waals surface area contributed by atoms with Crippen molar-refractivity contribution in [2.45, 2.75) is 52.0 Å². The molecule has 2 rings (SSSR count). The van der Waals surface area contributed by atoms with E-state index in [1.54, 1.807) is 16.7 Å². The van der Waals surface area contributed by atoms with Gasteiger partial charge in [-0.15, -0.1) is 11.8 Å². The molecule has 2 aromatic rings. The van der Waals surface area contributed by atoms with Crippen molar-refractivity contribution in [2.24, 2.45) is 0 Å². The Kier molecular flexibility index (Phi) is 10.4. The van der Waals surface area contributed by atoms with E-state index in [0.717, 1.165) is 28.6 Å². The number of thioether (sulfide) groups is 1. The van der Waals surface area contributed by atoms with Crippen LogP contribution in [0.2, 0.25) is 0 Å². The number of unbranched alkanes of at least 4 members (excludes halogenated alkanes) is 1. The van der Waals surface area contributed by atoms with E-state index in [4.69, 9.17) is 0 Å². The van der Waals surface area contributed by atoms with E-state index in [1.807, 2.05) is 50.2 Å². The van der Waals surface area contributed by atoms with Gasteiger partial charge in [-0.25, -0.2) is 0 Å². The first-order valence-corrected chi connectivity index (χ1v) is 12.3. The van der Waals surface area contributed by atoms with Gasteiger partial charge in [0.05, 0.1) is 5.75 Å². The van der Waals surface area contributed by atoms with Crippen LogP contribution < -0.4 is 5.32 Å². The number of amides is 2. The van der Waals surface area contributed by atoms with E-state index in [9.17, 15) is 9.59 Å². The number of aryl methyl sites for hydroxylation is 1. The average molecular weight is 491 g/mol. The van der Waals surface area contributed by atoms with Crippen molar-refractivity contribution in [1.82, 2.24) is 10.2 Å². The zero-order valence-electron chi connectivity index (χ0n) is 18.0. The van der Waals surface area contributed by atoms with Crippen molar-refractivity contribution in [3.05, 3.63) is 69.7 Å². The van der Waals surface area contributed by atoms with Crippen LogP contribution in [0.15, 0.2) is 53.0 Å². The van der Waals surface area contributed by atoms with Crippen molar-refractivity contribution >= 4 is 39.5 Å². The Morgan fingerprint density at radius 1 is 1.07 bits per heavy atom. The van der Waals surface area contributed by atoms with Gasteiger partial charge in [0.1, 0.15) is 6.04 Å². The van der Waals surface area contributed by atoms with Crippen molar-refractivity contribution in [3.8, 4) is 0 Å². The minimum Gasteiger partial charge on any atom is -0.354 e. The molecule has 0 aliphatic carbocycles. The van der Waals surface area contributed by atoms with Gasteiger partial charge in [0.25, 0.3) is 0 Å². The first-order valence-electron chi connectivity index (χ1n) is 10.4. The van der Waals surface area contributed by atoms with Crippen molar-refractivity contribution < 1.29 is 9.59 Å². The lowest BCUT2D eigenvalue weighted by atomic mass is 10.1. The van der Waals surface area contributed by atoms with Crippen LogP contribution in [0.5, 0.6) is 0 Å². The number of carbonyl (C=O) groups is 2. The summed E-state index contributed by atoms with van der Waals surface area (Å²) in [6.45, 7) is 7.01. The molecule has 0 aromatic heterocycles. The number of benzene rings is 2. The summed E-state index contributed by atoms with van der Waals surface area (Å²) in [4.78, 5) is 27.4. The maximum atomic E-state index is 13.1. The molecule has 162 valence electrons. The van der Waals surface area contributed by atoms with Crippen LogP contribution in [0, 0.1) is 6.92 Å². The number of nitrogens with one attached hydrogen (secondary N) is 1. The van der Waals surface area contributed by atoms with E-state index in [1.165, 1.54) is 11.1 Å². The first kappa shape index (κ1) is 24.5. The summed E-state index contributed by atoms with van der Waals surface area (Å²) in [6, 6.07) is 15.7. The van der Waals surface area contributed by atoms with Crippen LogP contribution in [-0.2, 0) is 21.9 Å². The van der Waals surface area contributed by atoms with Crippen LogP contribution in [-0.4, -0.2) is 35.1 Å². The molecule has 0 spiro atoms. The first-order chi connectivity index (χ1) is 14.4. The summed E-state index contributed by atoms with van der Waals surface area (Å²) in [5.41, 5.74) is 3.37. The van der Waals surface area contributed by atoms with Gasteiger partial charge in [0.2, 0.25) is 11.8 Å². The van der Waals surface area contributed by atoms with E-state index in [0.29, 0.717) is 18.8 Å². The third-order valence-corrected chi connectivity index (χ3v) is 6.40. The normalized spacial score (nSPS) is 11.7. The molecule has 1 atom stereocenters. The second-order valence-electron chi connectivity index (χ2n) is 7.45. The zero-order chi connectivity index (χ0) is 21.9. The highest BCUT2D eigenvalue weighted by Gasteiger charge is 2.25. The third kappa shape index (κ3) is 8.15. The second-order valence-corrected chi connectivity index (χ2v) is 9.35. The van der Waals surface area contributed by atoms with Crippen LogP contribution in [0.4, 0.5) is 0 Å². The summed E-state index contributed by atoms with van der Waals surface area (Å²) in [5, 5.41) is 2.96. The summed E-state index contributed by atoms with van der Waals surface area (Å²) >= 11 is 5.01. The Morgan fingerprint density at radius 2 is 1.70 bits per heavy atom. The van der Waals surface area contributed by atoms with E-state index < -0.39 is 6.04 Å². The number of rotatable bonds is 11. The van der Waals surface area contributed by atoms with Crippen molar-refractivity contribution in [3.63, 3.8) is 0 Å². The third-order valence-electron chi connectivity index (χ3n) is 4.88. The van der Waals surface area contributed by atoms with E-state index in [2.05, 4.69) is 40.3 Å². The molecule has 2 aromatic carbocycles. The molecule has 1 N–H and O–H groups in total. The molecule has 0 radical (unpaired) electrons. The minimum atomic E-state index is -0.510. The highest BCUT2D eigenvalue weighted by Crippen LogP contribution is 2.18. The monoisotopic (exact) mass is 490 g/mol. The van der Waals surface area contributed by atoms with Crippen molar-refractivity contribution in [2.75, 3.05) is 12.3 Å². The zero-order valence-corrected chi connectivity index (χ0v) is 20.4. The predicted molar refractivity (Wildman–Crippen MR) is 129 cm³/mol. The maximum Gasteiger partial charge on any atom is 0.242 e. The van der Waals surface area contributed by atoms with Crippen LogP contribution >= 0.6 is 27.7 Å². The Bertz CT molecular complexity index is 809.